The van der Waals surface area contributed by atoms with Crippen LogP contribution in [0.15, 0.2) is 12.1 Å². The van der Waals surface area contributed by atoms with Crippen molar-refractivity contribution in [3.8, 4) is 5.75 Å². The lowest BCUT2D eigenvalue weighted by molar-refractivity contribution is 0.0618. The van der Waals surface area contributed by atoms with Gasteiger partial charge in [0, 0.05) is 29.6 Å². The number of hydrogen-bond acceptors (Lipinski definition) is 3. The van der Waals surface area contributed by atoms with Gasteiger partial charge in [-0.25, -0.2) is 0 Å². The second-order valence-corrected chi connectivity index (χ2v) is 7.23. The third-order valence-electron chi connectivity index (χ3n) is 5.17. The molecule has 22 heavy (non-hydrogen) atoms. The average Bonchev–Trinajstić information content (AvgIpc) is 2.87. The van der Waals surface area contributed by atoms with Crippen molar-refractivity contribution in [1.82, 2.24) is 10.2 Å². The third kappa shape index (κ3) is 2.48. The maximum absolute atomic E-state index is 12.7. The maximum atomic E-state index is 12.7. The van der Waals surface area contributed by atoms with Crippen molar-refractivity contribution >= 4 is 17.5 Å². The summed E-state index contributed by atoms with van der Waals surface area (Å²) in [6.45, 7) is 5.33. The first kappa shape index (κ1) is 14.3. The number of hydrogen-bond donors (Lipinski definition) is 1. The van der Waals surface area contributed by atoms with Gasteiger partial charge in [0.2, 0.25) is 0 Å². The lowest BCUT2D eigenvalue weighted by Gasteiger charge is -2.44. The first-order valence-electron chi connectivity index (χ1n) is 8.12. The molecule has 5 heteroatoms. The molecule has 4 aliphatic rings. The van der Waals surface area contributed by atoms with Crippen LogP contribution in [0.2, 0.25) is 5.02 Å². The molecule has 5 rings (SSSR count). The molecule has 4 nitrogen and oxygen atoms in total. The number of rotatable bonds is 2. The first-order valence-corrected chi connectivity index (χ1v) is 8.50. The summed E-state index contributed by atoms with van der Waals surface area (Å²) in [6, 6.07) is 3.89. The Morgan fingerprint density at radius 2 is 2.14 bits per heavy atom. The number of benzene rings is 1. The van der Waals surface area contributed by atoms with Crippen LogP contribution in [-0.2, 0) is 6.42 Å². The Kier molecular flexibility index (Phi) is 3.54. The lowest BCUT2D eigenvalue weighted by atomic mass is 9.84. The van der Waals surface area contributed by atoms with Gasteiger partial charge in [0.25, 0.3) is 5.91 Å². The highest BCUT2D eigenvalue weighted by molar-refractivity contribution is 6.31. The highest BCUT2D eigenvalue weighted by Crippen LogP contribution is 2.36. The number of carbonyl (C=O) groups excluding carboxylic acids is 1. The van der Waals surface area contributed by atoms with Crippen molar-refractivity contribution in [3.05, 3.63) is 28.3 Å². The van der Waals surface area contributed by atoms with E-state index in [2.05, 4.69) is 10.2 Å². The molecule has 1 aromatic rings. The Morgan fingerprint density at radius 1 is 1.36 bits per heavy atom. The van der Waals surface area contributed by atoms with Crippen LogP contribution in [0.4, 0.5) is 0 Å². The van der Waals surface area contributed by atoms with Crippen molar-refractivity contribution < 1.29 is 9.53 Å². The van der Waals surface area contributed by atoms with Crippen LogP contribution in [-0.4, -0.2) is 42.6 Å². The molecule has 0 aliphatic carbocycles. The number of ether oxygens (including phenoxy) is 1. The molecule has 4 heterocycles. The summed E-state index contributed by atoms with van der Waals surface area (Å²) >= 11 is 6.18. The molecule has 2 bridgehead atoms. The van der Waals surface area contributed by atoms with Gasteiger partial charge in [-0.3, -0.25) is 4.79 Å². The summed E-state index contributed by atoms with van der Waals surface area (Å²) in [7, 11) is 0. The molecule has 118 valence electrons. The zero-order valence-electron chi connectivity index (χ0n) is 12.8. The average molecular weight is 321 g/mol. The van der Waals surface area contributed by atoms with Crippen LogP contribution in [0, 0.1) is 5.92 Å². The molecule has 3 saturated heterocycles. The fourth-order valence-corrected chi connectivity index (χ4v) is 4.28. The Bertz CT molecular complexity index is 611. The van der Waals surface area contributed by atoms with E-state index in [1.165, 1.54) is 25.9 Å². The van der Waals surface area contributed by atoms with E-state index in [4.69, 9.17) is 16.3 Å². The van der Waals surface area contributed by atoms with Crippen molar-refractivity contribution in [2.75, 3.05) is 19.6 Å². The molecule has 0 spiro atoms. The standard InChI is InChI=1S/C17H21ClN2O2/c1-10-6-12-7-13(18)8-14(16(12)22-10)17(21)19-15-9-20-4-2-11(15)3-5-20/h7-8,10-11,15H,2-6,9H2,1H3,(H,19,21)/t10-,15-/m1/s1. The first-order chi connectivity index (χ1) is 10.6. The van der Waals surface area contributed by atoms with Gasteiger partial charge in [-0.15, -0.1) is 0 Å². The summed E-state index contributed by atoms with van der Waals surface area (Å²) in [4.78, 5) is 15.2. The summed E-state index contributed by atoms with van der Waals surface area (Å²) in [5, 5.41) is 3.83. The molecule has 0 aromatic heterocycles. The van der Waals surface area contributed by atoms with Crippen LogP contribution in [0.1, 0.15) is 35.7 Å². The van der Waals surface area contributed by atoms with Crippen molar-refractivity contribution in [2.45, 2.75) is 38.3 Å². The van der Waals surface area contributed by atoms with Crippen LogP contribution < -0.4 is 10.1 Å². The van der Waals surface area contributed by atoms with E-state index >= 15 is 0 Å². The van der Waals surface area contributed by atoms with Gasteiger partial charge in [0.15, 0.2) is 0 Å². The quantitative estimate of drug-likeness (QED) is 0.910. The fraction of sp³-hybridized carbons (Fsp3) is 0.588. The van der Waals surface area contributed by atoms with Gasteiger partial charge < -0.3 is 15.0 Å². The Labute approximate surface area is 135 Å². The molecule has 0 unspecified atom stereocenters. The van der Waals surface area contributed by atoms with E-state index in [-0.39, 0.29) is 18.1 Å². The number of halogens is 1. The predicted molar refractivity (Wildman–Crippen MR) is 85.7 cm³/mol. The van der Waals surface area contributed by atoms with Gasteiger partial charge in [-0.2, -0.15) is 0 Å². The van der Waals surface area contributed by atoms with Crippen LogP contribution in [0.25, 0.3) is 0 Å². The molecule has 0 radical (unpaired) electrons. The monoisotopic (exact) mass is 320 g/mol. The van der Waals surface area contributed by atoms with E-state index < -0.39 is 0 Å². The smallest absolute Gasteiger partial charge is 0.255 e. The van der Waals surface area contributed by atoms with E-state index in [0.717, 1.165) is 24.3 Å². The number of fused-ring (bicyclic) bond motifs is 4. The second kappa shape index (κ2) is 5.43. The normalized spacial score (nSPS) is 32.5. The number of amides is 1. The van der Waals surface area contributed by atoms with Gasteiger partial charge in [-0.1, -0.05) is 11.6 Å². The molecular weight excluding hydrogens is 300 g/mol. The van der Waals surface area contributed by atoms with Gasteiger partial charge in [0.1, 0.15) is 11.9 Å². The molecule has 1 N–H and O–H groups in total. The van der Waals surface area contributed by atoms with Crippen LogP contribution in [0.5, 0.6) is 5.75 Å². The van der Waals surface area contributed by atoms with Crippen LogP contribution >= 0.6 is 11.6 Å². The number of nitrogens with one attached hydrogen (secondary N) is 1. The SMILES string of the molecule is C[C@@H]1Cc2cc(Cl)cc(C(=O)N[C@@H]3CN4CCC3CC4)c2O1. The summed E-state index contributed by atoms with van der Waals surface area (Å²) in [6.07, 6.45) is 3.30. The molecular formula is C17H21ClN2O2. The van der Waals surface area contributed by atoms with Gasteiger partial charge >= 0.3 is 0 Å². The van der Waals surface area contributed by atoms with Crippen LogP contribution in [0.3, 0.4) is 0 Å². The van der Waals surface area contributed by atoms with E-state index in [9.17, 15) is 4.79 Å². The number of carbonyl (C=O) groups is 1. The third-order valence-corrected chi connectivity index (χ3v) is 5.39. The number of piperidine rings is 3. The molecule has 2 atom stereocenters. The minimum absolute atomic E-state index is 0.0494. The zero-order valence-corrected chi connectivity index (χ0v) is 13.5. The minimum atomic E-state index is -0.0494. The fourth-order valence-electron chi connectivity index (χ4n) is 4.04. The molecule has 0 saturated carbocycles. The Hall–Kier alpha value is -1.26. The van der Waals surface area contributed by atoms with Gasteiger partial charge in [0.05, 0.1) is 5.56 Å². The Morgan fingerprint density at radius 3 is 2.82 bits per heavy atom. The predicted octanol–water partition coefficient (Wildman–Crippen LogP) is 2.49. The molecule has 1 amide bonds. The van der Waals surface area contributed by atoms with Gasteiger partial charge in [-0.05, 0) is 50.9 Å². The summed E-state index contributed by atoms with van der Waals surface area (Å²) in [5.74, 6) is 1.28. The minimum Gasteiger partial charge on any atom is -0.489 e. The largest absolute Gasteiger partial charge is 0.489 e. The molecule has 4 aliphatic heterocycles. The number of nitrogens with zero attached hydrogens (tertiary/aromatic N) is 1. The second-order valence-electron chi connectivity index (χ2n) is 6.79. The summed E-state index contributed by atoms with van der Waals surface area (Å²) < 4.78 is 5.84. The lowest BCUT2D eigenvalue weighted by Crippen LogP contribution is -2.57. The van der Waals surface area contributed by atoms with E-state index in [0.29, 0.717) is 16.5 Å². The van der Waals surface area contributed by atoms with E-state index in [1.54, 1.807) is 6.07 Å². The molecule has 1 aromatic carbocycles. The van der Waals surface area contributed by atoms with Crippen molar-refractivity contribution in [1.29, 1.82) is 0 Å². The molecule has 3 fully saturated rings. The highest BCUT2D eigenvalue weighted by Gasteiger charge is 2.36. The van der Waals surface area contributed by atoms with Crippen molar-refractivity contribution in [3.63, 3.8) is 0 Å². The van der Waals surface area contributed by atoms with E-state index in [1.807, 2.05) is 13.0 Å². The maximum Gasteiger partial charge on any atom is 0.255 e. The Balaban J connectivity index is 1.56. The zero-order chi connectivity index (χ0) is 15.3. The highest BCUT2D eigenvalue weighted by atomic mass is 35.5. The van der Waals surface area contributed by atoms with Crippen molar-refractivity contribution in [2.24, 2.45) is 5.92 Å². The summed E-state index contributed by atoms with van der Waals surface area (Å²) in [5.41, 5.74) is 1.63. The topological polar surface area (TPSA) is 41.6 Å².